The SMILES string of the molecule is Cc1ccc(C)c(S(=O)(=O)N[C@@H]2CS(=O)(=O)C[C@@H]2O)c1. The summed E-state index contributed by atoms with van der Waals surface area (Å²) in [5.74, 6) is -0.786. The first-order valence-electron chi connectivity index (χ1n) is 6.09. The summed E-state index contributed by atoms with van der Waals surface area (Å²) in [5.41, 5.74) is 1.36. The summed E-state index contributed by atoms with van der Waals surface area (Å²) in [6.07, 6.45) is -1.21. The molecule has 1 aliphatic rings. The molecule has 1 fully saturated rings. The molecule has 1 aromatic rings. The highest BCUT2D eigenvalue weighted by Gasteiger charge is 2.39. The van der Waals surface area contributed by atoms with E-state index in [-0.39, 0.29) is 10.6 Å². The van der Waals surface area contributed by atoms with E-state index < -0.39 is 37.8 Å². The molecule has 0 bridgehead atoms. The number of aryl methyl sites for hydroxylation is 2. The third-order valence-electron chi connectivity index (χ3n) is 3.26. The van der Waals surface area contributed by atoms with Gasteiger partial charge in [0.2, 0.25) is 10.0 Å². The minimum absolute atomic E-state index is 0.106. The Balaban J connectivity index is 2.31. The van der Waals surface area contributed by atoms with Gasteiger partial charge in [-0.25, -0.2) is 21.6 Å². The molecule has 1 heterocycles. The highest BCUT2D eigenvalue weighted by Crippen LogP contribution is 2.20. The maximum atomic E-state index is 12.3. The summed E-state index contributed by atoms with van der Waals surface area (Å²) in [6.45, 7) is 3.43. The lowest BCUT2D eigenvalue weighted by molar-refractivity contribution is 0.176. The van der Waals surface area contributed by atoms with Crippen LogP contribution in [0.15, 0.2) is 23.1 Å². The van der Waals surface area contributed by atoms with Gasteiger partial charge >= 0.3 is 0 Å². The van der Waals surface area contributed by atoms with Crippen LogP contribution in [-0.4, -0.2) is 45.6 Å². The molecular formula is C12H17NO5S2. The van der Waals surface area contributed by atoms with Crippen molar-refractivity contribution in [1.82, 2.24) is 4.72 Å². The Morgan fingerprint density at radius 1 is 1.25 bits per heavy atom. The van der Waals surface area contributed by atoms with Crippen molar-refractivity contribution in [3.05, 3.63) is 29.3 Å². The molecule has 8 heteroatoms. The predicted molar refractivity (Wildman–Crippen MR) is 74.7 cm³/mol. The fourth-order valence-corrected chi connectivity index (χ4v) is 5.65. The number of nitrogens with one attached hydrogen (secondary N) is 1. The number of aliphatic hydroxyl groups is 1. The molecule has 0 unspecified atom stereocenters. The van der Waals surface area contributed by atoms with Crippen molar-refractivity contribution in [1.29, 1.82) is 0 Å². The average Bonchev–Trinajstić information content (AvgIpc) is 2.54. The van der Waals surface area contributed by atoms with Crippen LogP contribution < -0.4 is 4.72 Å². The van der Waals surface area contributed by atoms with E-state index in [4.69, 9.17) is 0 Å². The van der Waals surface area contributed by atoms with Crippen molar-refractivity contribution in [3.63, 3.8) is 0 Å². The second-order valence-corrected chi connectivity index (χ2v) is 8.98. The molecular weight excluding hydrogens is 302 g/mol. The minimum atomic E-state index is -3.85. The van der Waals surface area contributed by atoms with E-state index in [2.05, 4.69) is 4.72 Å². The van der Waals surface area contributed by atoms with Crippen LogP contribution in [0.4, 0.5) is 0 Å². The van der Waals surface area contributed by atoms with E-state index in [0.29, 0.717) is 5.56 Å². The van der Waals surface area contributed by atoms with E-state index in [0.717, 1.165) is 5.56 Å². The standard InChI is InChI=1S/C12H17NO5S2/c1-8-3-4-9(2)12(5-8)20(17,18)13-10-6-19(15,16)7-11(10)14/h3-5,10-11,13-14H,6-7H2,1-2H3/t10-,11+/m1/s1. The highest BCUT2D eigenvalue weighted by molar-refractivity contribution is 7.92. The Morgan fingerprint density at radius 2 is 1.90 bits per heavy atom. The number of aliphatic hydroxyl groups excluding tert-OH is 1. The number of hydrogen-bond donors (Lipinski definition) is 2. The summed E-state index contributed by atoms with van der Waals surface area (Å²) < 4.78 is 49.7. The van der Waals surface area contributed by atoms with E-state index in [1.165, 1.54) is 6.07 Å². The van der Waals surface area contributed by atoms with Gasteiger partial charge in [-0.3, -0.25) is 0 Å². The molecule has 6 nitrogen and oxygen atoms in total. The van der Waals surface area contributed by atoms with Crippen molar-refractivity contribution in [2.24, 2.45) is 0 Å². The number of hydrogen-bond acceptors (Lipinski definition) is 5. The fraction of sp³-hybridized carbons (Fsp3) is 0.500. The Morgan fingerprint density at radius 3 is 2.45 bits per heavy atom. The summed E-state index contributed by atoms with van der Waals surface area (Å²) in [5, 5.41) is 9.65. The highest BCUT2D eigenvalue weighted by atomic mass is 32.2. The van der Waals surface area contributed by atoms with Gasteiger partial charge in [-0.15, -0.1) is 0 Å². The molecule has 0 amide bonds. The molecule has 1 aromatic carbocycles. The number of sulfonamides is 1. The Labute approximate surface area is 118 Å². The van der Waals surface area contributed by atoms with Crippen molar-refractivity contribution in [3.8, 4) is 0 Å². The van der Waals surface area contributed by atoms with Gasteiger partial charge in [-0.2, -0.15) is 0 Å². The summed E-state index contributed by atoms with van der Waals surface area (Å²) in [6, 6.07) is 4.01. The van der Waals surface area contributed by atoms with Crippen LogP contribution in [0.25, 0.3) is 0 Å². The molecule has 112 valence electrons. The van der Waals surface area contributed by atoms with Gasteiger partial charge in [0.05, 0.1) is 28.5 Å². The van der Waals surface area contributed by atoms with Gasteiger partial charge in [-0.1, -0.05) is 12.1 Å². The molecule has 0 spiro atoms. The first-order chi connectivity index (χ1) is 9.11. The van der Waals surface area contributed by atoms with Crippen molar-refractivity contribution in [2.75, 3.05) is 11.5 Å². The molecule has 2 N–H and O–H groups in total. The van der Waals surface area contributed by atoms with Gasteiger partial charge in [0.15, 0.2) is 9.84 Å². The zero-order valence-electron chi connectivity index (χ0n) is 11.2. The van der Waals surface area contributed by atoms with Crippen molar-refractivity contribution >= 4 is 19.9 Å². The minimum Gasteiger partial charge on any atom is -0.390 e. The van der Waals surface area contributed by atoms with Gasteiger partial charge in [0.1, 0.15) is 0 Å². The monoisotopic (exact) mass is 319 g/mol. The quantitative estimate of drug-likeness (QED) is 0.799. The zero-order chi connectivity index (χ0) is 15.1. The Bertz CT molecular complexity index is 724. The van der Waals surface area contributed by atoms with E-state index in [9.17, 15) is 21.9 Å². The first-order valence-corrected chi connectivity index (χ1v) is 9.39. The smallest absolute Gasteiger partial charge is 0.241 e. The van der Waals surface area contributed by atoms with Crippen LogP contribution >= 0.6 is 0 Å². The van der Waals surface area contributed by atoms with Crippen LogP contribution in [-0.2, 0) is 19.9 Å². The van der Waals surface area contributed by atoms with Gasteiger partial charge in [-0.05, 0) is 31.0 Å². The zero-order valence-corrected chi connectivity index (χ0v) is 12.8. The molecule has 0 aromatic heterocycles. The van der Waals surface area contributed by atoms with Crippen LogP contribution in [0, 0.1) is 13.8 Å². The second-order valence-electron chi connectivity index (χ2n) is 5.14. The predicted octanol–water partition coefficient (Wildman–Crippen LogP) is -0.260. The third kappa shape index (κ3) is 3.20. The van der Waals surface area contributed by atoms with Gasteiger partial charge in [0, 0.05) is 0 Å². The Kier molecular flexibility index (Phi) is 3.94. The lowest BCUT2D eigenvalue weighted by atomic mass is 10.2. The maximum absolute atomic E-state index is 12.3. The molecule has 0 radical (unpaired) electrons. The van der Waals surface area contributed by atoms with Gasteiger partial charge < -0.3 is 5.11 Å². The van der Waals surface area contributed by atoms with Gasteiger partial charge in [0.25, 0.3) is 0 Å². The van der Waals surface area contributed by atoms with Crippen molar-refractivity contribution in [2.45, 2.75) is 30.9 Å². The van der Waals surface area contributed by atoms with E-state index >= 15 is 0 Å². The van der Waals surface area contributed by atoms with Crippen LogP contribution in [0.5, 0.6) is 0 Å². The summed E-state index contributed by atoms with van der Waals surface area (Å²) in [7, 11) is -7.25. The fourth-order valence-electron chi connectivity index (χ4n) is 2.20. The third-order valence-corrected chi connectivity index (χ3v) is 6.61. The maximum Gasteiger partial charge on any atom is 0.241 e. The summed E-state index contributed by atoms with van der Waals surface area (Å²) in [4.78, 5) is 0.106. The molecule has 0 saturated carbocycles. The van der Waals surface area contributed by atoms with Crippen LogP contribution in [0.1, 0.15) is 11.1 Å². The molecule has 1 aliphatic heterocycles. The van der Waals surface area contributed by atoms with E-state index in [1.807, 2.05) is 0 Å². The number of benzene rings is 1. The number of sulfone groups is 1. The van der Waals surface area contributed by atoms with Crippen LogP contribution in [0.3, 0.4) is 0 Å². The number of rotatable bonds is 3. The molecule has 20 heavy (non-hydrogen) atoms. The lowest BCUT2D eigenvalue weighted by Crippen LogP contribution is -2.42. The first kappa shape index (κ1) is 15.4. The van der Waals surface area contributed by atoms with Crippen molar-refractivity contribution < 1.29 is 21.9 Å². The second kappa shape index (κ2) is 5.10. The molecule has 0 aliphatic carbocycles. The van der Waals surface area contributed by atoms with Crippen LogP contribution in [0.2, 0.25) is 0 Å². The lowest BCUT2D eigenvalue weighted by Gasteiger charge is -2.16. The topological polar surface area (TPSA) is 101 Å². The molecule has 1 saturated heterocycles. The van der Waals surface area contributed by atoms with E-state index in [1.54, 1.807) is 26.0 Å². The molecule has 2 rings (SSSR count). The Hall–Kier alpha value is -0.960. The normalized spacial score (nSPS) is 25.8. The largest absolute Gasteiger partial charge is 0.390 e. The average molecular weight is 319 g/mol. The molecule has 2 atom stereocenters. The summed E-state index contributed by atoms with van der Waals surface area (Å²) >= 11 is 0.